The van der Waals surface area contributed by atoms with Gasteiger partial charge in [0.25, 0.3) is 5.91 Å². The Morgan fingerprint density at radius 3 is 2.30 bits per heavy atom. The largest absolute Gasteiger partial charge is 0.482 e. The van der Waals surface area contributed by atoms with Gasteiger partial charge in [-0.2, -0.15) is 0 Å². The summed E-state index contributed by atoms with van der Waals surface area (Å²) in [6.07, 6.45) is 0. The number of halogens is 2. The summed E-state index contributed by atoms with van der Waals surface area (Å²) < 4.78 is 38.3. The number of hydrogen-bond acceptors (Lipinski definition) is 4. The van der Waals surface area contributed by atoms with Gasteiger partial charge in [0.1, 0.15) is 23.7 Å². The van der Waals surface area contributed by atoms with Gasteiger partial charge in [-0.05, 0) is 23.3 Å². The summed E-state index contributed by atoms with van der Waals surface area (Å²) in [6.45, 7) is -0.157. The maximum Gasteiger partial charge on any atom is 0.254 e. The molecule has 0 radical (unpaired) electrons. The molecule has 0 unspecified atom stereocenters. The topological polar surface area (TPSA) is 78.4 Å². The van der Waals surface area contributed by atoms with Crippen LogP contribution < -0.4 is 10.5 Å². The number of nitrogens with zero attached hydrogens (tertiary/aromatic N) is 1. The third-order valence-electron chi connectivity index (χ3n) is 4.52. The van der Waals surface area contributed by atoms with Crippen LogP contribution >= 0.6 is 0 Å². The predicted molar refractivity (Wildman–Crippen MR) is 107 cm³/mol. The first-order chi connectivity index (χ1) is 14.5. The molecule has 7 heteroatoms. The molecule has 4 aromatic rings. The lowest BCUT2D eigenvalue weighted by Crippen LogP contribution is -2.16. The van der Waals surface area contributed by atoms with Gasteiger partial charge in [0.15, 0.2) is 17.3 Å². The van der Waals surface area contributed by atoms with Crippen LogP contribution in [-0.4, -0.2) is 11.1 Å². The third-order valence-corrected chi connectivity index (χ3v) is 4.52. The van der Waals surface area contributed by atoms with Crippen molar-refractivity contribution in [3.63, 3.8) is 0 Å². The summed E-state index contributed by atoms with van der Waals surface area (Å²) in [6, 6.07) is 21.4. The highest BCUT2D eigenvalue weighted by Gasteiger charge is 2.19. The quantitative estimate of drug-likeness (QED) is 0.491. The summed E-state index contributed by atoms with van der Waals surface area (Å²) in [7, 11) is 0. The fourth-order valence-corrected chi connectivity index (χ4v) is 3.00. The van der Waals surface area contributed by atoms with Crippen molar-refractivity contribution < 1.29 is 22.8 Å². The third kappa shape index (κ3) is 3.91. The van der Waals surface area contributed by atoms with Crippen LogP contribution in [0.25, 0.3) is 22.4 Å². The van der Waals surface area contributed by atoms with E-state index < -0.39 is 23.1 Å². The van der Waals surface area contributed by atoms with Gasteiger partial charge in [0, 0.05) is 11.6 Å². The number of rotatable bonds is 6. The fourth-order valence-electron chi connectivity index (χ4n) is 3.00. The molecule has 0 aliphatic carbocycles. The molecule has 1 heterocycles. The van der Waals surface area contributed by atoms with Crippen molar-refractivity contribution in [3.05, 3.63) is 95.8 Å². The van der Waals surface area contributed by atoms with Crippen LogP contribution in [0.2, 0.25) is 0 Å². The zero-order chi connectivity index (χ0) is 21.1. The second-order valence-electron chi connectivity index (χ2n) is 6.51. The molecule has 0 atom stereocenters. The van der Waals surface area contributed by atoms with E-state index >= 15 is 0 Å². The molecule has 4 rings (SSSR count). The van der Waals surface area contributed by atoms with E-state index in [0.717, 1.165) is 28.8 Å². The van der Waals surface area contributed by atoms with E-state index in [9.17, 15) is 13.6 Å². The Morgan fingerprint density at radius 2 is 1.60 bits per heavy atom. The number of amides is 1. The number of nitrogens with two attached hydrogens (primary N) is 1. The molecule has 3 aromatic carbocycles. The Balaban J connectivity index is 1.48. The normalized spacial score (nSPS) is 10.7. The van der Waals surface area contributed by atoms with E-state index in [1.54, 1.807) is 6.07 Å². The average Bonchev–Trinajstić information content (AvgIpc) is 3.23. The van der Waals surface area contributed by atoms with Gasteiger partial charge in [0.05, 0.1) is 0 Å². The summed E-state index contributed by atoms with van der Waals surface area (Å²) >= 11 is 0. The highest BCUT2D eigenvalue weighted by molar-refractivity contribution is 5.93. The fraction of sp³-hybridized carbons (Fsp3) is 0.0435. The van der Waals surface area contributed by atoms with Gasteiger partial charge < -0.3 is 15.0 Å². The van der Waals surface area contributed by atoms with Crippen molar-refractivity contribution in [2.24, 2.45) is 5.73 Å². The Morgan fingerprint density at radius 1 is 0.933 bits per heavy atom. The standard InChI is InChI=1S/C23H16F2N2O3/c24-18-10-11-20(22(25)21(18)23(26)28)29-13-17-12-19(27-30-17)16-8-6-15(7-9-16)14-4-2-1-3-5-14/h1-12H,13H2,(H2,26,28). The van der Waals surface area contributed by atoms with Gasteiger partial charge in [-0.25, -0.2) is 8.78 Å². The second kappa shape index (κ2) is 8.16. The van der Waals surface area contributed by atoms with E-state index in [1.807, 2.05) is 54.6 Å². The maximum absolute atomic E-state index is 14.2. The van der Waals surface area contributed by atoms with Crippen molar-refractivity contribution in [1.82, 2.24) is 5.16 Å². The van der Waals surface area contributed by atoms with Crippen molar-refractivity contribution in [2.75, 3.05) is 0 Å². The van der Waals surface area contributed by atoms with E-state index in [2.05, 4.69) is 5.16 Å². The first-order valence-corrected chi connectivity index (χ1v) is 9.05. The smallest absolute Gasteiger partial charge is 0.254 e. The molecule has 1 amide bonds. The summed E-state index contributed by atoms with van der Waals surface area (Å²) in [5, 5.41) is 4.00. The van der Waals surface area contributed by atoms with Gasteiger partial charge in [-0.1, -0.05) is 59.8 Å². The van der Waals surface area contributed by atoms with Crippen LogP contribution in [0.4, 0.5) is 8.78 Å². The SMILES string of the molecule is NC(=O)c1c(F)ccc(OCc2cc(-c3ccc(-c4ccccc4)cc3)no2)c1F. The molecule has 0 spiro atoms. The van der Waals surface area contributed by atoms with Crippen LogP contribution in [0.15, 0.2) is 77.3 Å². The van der Waals surface area contributed by atoms with Gasteiger partial charge in [-0.15, -0.1) is 0 Å². The Kier molecular flexibility index (Phi) is 5.26. The number of aromatic nitrogens is 1. The number of carbonyl (C=O) groups is 1. The summed E-state index contributed by atoms with van der Waals surface area (Å²) in [4.78, 5) is 11.2. The lowest BCUT2D eigenvalue weighted by atomic mass is 10.0. The van der Waals surface area contributed by atoms with E-state index in [4.69, 9.17) is 15.0 Å². The van der Waals surface area contributed by atoms with Crippen molar-refractivity contribution in [1.29, 1.82) is 0 Å². The van der Waals surface area contributed by atoms with Crippen LogP contribution in [0, 0.1) is 11.6 Å². The van der Waals surface area contributed by atoms with Crippen LogP contribution in [0.5, 0.6) is 5.75 Å². The van der Waals surface area contributed by atoms with Crippen molar-refractivity contribution in [2.45, 2.75) is 6.61 Å². The molecule has 2 N–H and O–H groups in total. The van der Waals surface area contributed by atoms with Crippen molar-refractivity contribution in [3.8, 4) is 28.1 Å². The van der Waals surface area contributed by atoms with Crippen LogP contribution in [0.1, 0.15) is 16.1 Å². The lowest BCUT2D eigenvalue weighted by Gasteiger charge is -2.08. The number of carbonyl (C=O) groups excluding carboxylic acids is 1. The molecular weight excluding hydrogens is 390 g/mol. The van der Waals surface area contributed by atoms with E-state index in [0.29, 0.717) is 11.5 Å². The van der Waals surface area contributed by atoms with Crippen LogP contribution in [0.3, 0.4) is 0 Å². The molecule has 0 fully saturated rings. The summed E-state index contributed by atoms with van der Waals surface area (Å²) in [5.41, 5.74) is 7.77. The Labute approximate surface area is 170 Å². The summed E-state index contributed by atoms with van der Waals surface area (Å²) in [5.74, 6) is -3.39. The highest BCUT2D eigenvalue weighted by Crippen LogP contribution is 2.26. The molecule has 30 heavy (non-hydrogen) atoms. The molecule has 0 aliphatic heterocycles. The molecule has 150 valence electrons. The number of primary amides is 1. The molecule has 1 aromatic heterocycles. The Hall–Kier alpha value is -4.00. The lowest BCUT2D eigenvalue weighted by molar-refractivity contribution is 0.0991. The number of benzene rings is 3. The van der Waals surface area contributed by atoms with Crippen LogP contribution in [-0.2, 0) is 6.61 Å². The van der Waals surface area contributed by atoms with Gasteiger partial charge in [0.2, 0.25) is 0 Å². The van der Waals surface area contributed by atoms with E-state index in [-0.39, 0.29) is 12.4 Å². The molecular formula is C23H16F2N2O3. The van der Waals surface area contributed by atoms with Gasteiger partial charge in [-0.3, -0.25) is 4.79 Å². The Bertz CT molecular complexity index is 1190. The minimum atomic E-state index is -1.21. The molecule has 0 aliphatic rings. The zero-order valence-electron chi connectivity index (χ0n) is 15.6. The molecule has 0 bridgehead atoms. The predicted octanol–water partition coefficient (Wildman–Crippen LogP) is 4.96. The zero-order valence-corrected chi connectivity index (χ0v) is 15.6. The maximum atomic E-state index is 14.2. The molecule has 0 saturated heterocycles. The molecule has 5 nitrogen and oxygen atoms in total. The average molecular weight is 406 g/mol. The first kappa shape index (κ1) is 19.3. The minimum Gasteiger partial charge on any atom is -0.482 e. The second-order valence-corrected chi connectivity index (χ2v) is 6.51. The molecule has 0 saturated carbocycles. The number of ether oxygens (including phenoxy) is 1. The first-order valence-electron chi connectivity index (χ1n) is 9.05. The number of hydrogen-bond donors (Lipinski definition) is 1. The van der Waals surface area contributed by atoms with Gasteiger partial charge >= 0.3 is 0 Å². The monoisotopic (exact) mass is 406 g/mol. The minimum absolute atomic E-state index is 0.157. The highest BCUT2D eigenvalue weighted by atomic mass is 19.1. The van der Waals surface area contributed by atoms with Crippen molar-refractivity contribution >= 4 is 5.91 Å². The van der Waals surface area contributed by atoms with E-state index in [1.165, 1.54) is 0 Å².